The average molecular weight is 499 g/mol. The second-order valence-corrected chi connectivity index (χ2v) is 10.9. The van der Waals surface area contributed by atoms with Crippen LogP contribution < -0.4 is 9.64 Å². The number of hydrogen-bond acceptors (Lipinski definition) is 5. The molecule has 2 aliphatic heterocycles. The molecule has 196 valence electrons. The Hall–Kier alpha value is -2.89. The summed E-state index contributed by atoms with van der Waals surface area (Å²) >= 11 is 0. The zero-order valence-electron chi connectivity index (χ0n) is 23.6. The molecule has 2 aliphatic rings. The van der Waals surface area contributed by atoms with Gasteiger partial charge in [0.05, 0.1) is 11.6 Å². The van der Waals surface area contributed by atoms with Gasteiger partial charge >= 0.3 is 0 Å². The molecule has 3 aromatic rings. The molecule has 1 unspecified atom stereocenters. The summed E-state index contributed by atoms with van der Waals surface area (Å²) < 4.78 is 7.22. The van der Waals surface area contributed by atoms with Gasteiger partial charge < -0.3 is 9.64 Å². The number of nitrogens with zero attached hydrogens (tertiary/aromatic N) is 4. The second kappa shape index (κ2) is 9.77. The van der Waals surface area contributed by atoms with Crippen molar-refractivity contribution in [3.8, 4) is 5.75 Å². The van der Waals surface area contributed by atoms with Crippen LogP contribution in [0.4, 0.5) is 11.4 Å². The number of aliphatic imine (C=N–C) groups is 1. The lowest BCUT2D eigenvalue weighted by atomic mass is 9.77. The molecule has 0 saturated heterocycles. The first-order valence-electron chi connectivity index (χ1n) is 13.9. The summed E-state index contributed by atoms with van der Waals surface area (Å²) in [6, 6.07) is 17.8. The highest BCUT2D eigenvalue weighted by Crippen LogP contribution is 2.55. The Morgan fingerprint density at radius 3 is 2.24 bits per heavy atom. The molecule has 0 radical (unpaired) electrons. The van der Waals surface area contributed by atoms with Gasteiger partial charge in [0.25, 0.3) is 0 Å². The van der Waals surface area contributed by atoms with Crippen molar-refractivity contribution in [2.24, 2.45) is 4.99 Å². The fourth-order valence-electron chi connectivity index (χ4n) is 6.17. The summed E-state index contributed by atoms with van der Waals surface area (Å²) in [7, 11) is 2.16. The molecule has 1 spiro atoms. The first-order valence-corrected chi connectivity index (χ1v) is 13.9. The standard InChI is InChI=1S/C32H42N4O/c1-8-35(9-2)20-23-16-17-27-28(18-23)34(7)32(31(27,5)6)22-33-29-26-15-13-12-14-24(26)19-25(30(29)37-32)21-36(10-3)11-4/h12-19,22H,8-11,20-21H2,1-7H3. The van der Waals surface area contributed by atoms with Crippen molar-refractivity contribution in [2.75, 3.05) is 38.1 Å². The Morgan fingerprint density at radius 2 is 1.54 bits per heavy atom. The number of hydrogen-bond donors (Lipinski definition) is 0. The van der Waals surface area contributed by atoms with E-state index in [1.807, 2.05) is 0 Å². The van der Waals surface area contributed by atoms with Gasteiger partial charge in [0.1, 0.15) is 5.69 Å². The first-order chi connectivity index (χ1) is 17.8. The van der Waals surface area contributed by atoms with Crippen molar-refractivity contribution in [1.29, 1.82) is 0 Å². The van der Waals surface area contributed by atoms with E-state index in [1.54, 1.807) is 0 Å². The van der Waals surface area contributed by atoms with Crippen molar-refractivity contribution >= 4 is 28.4 Å². The Morgan fingerprint density at radius 1 is 0.865 bits per heavy atom. The molecular weight excluding hydrogens is 456 g/mol. The fraction of sp³-hybridized carbons (Fsp3) is 0.469. The molecule has 2 heterocycles. The molecule has 0 bridgehead atoms. The number of likely N-dealkylation sites (N-methyl/N-ethyl adjacent to an activating group) is 1. The minimum Gasteiger partial charge on any atom is -0.459 e. The predicted molar refractivity (Wildman–Crippen MR) is 157 cm³/mol. The van der Waals surface area contributed by atoms with E-state index in [9.17, 15) is 0 Å². The summed E-state index contributed by atoms with van der Waals surface area (Å²) in [5.41, 5.74) is 5.04. The maximum absolute atomic E-state index is 7.22. The van der Waals surface area contributed by atoms with E-state index < -0.39 is 5.72 Å². The van der Waals surface area contributed by atoms with Gasteiger partial charge in [-0.2, -0.15) is 0 Å². The molecule has 5 rings (SSSR count). The van der Waals surface area contributed by atoms with E-state index in [4.69, 9.17) is 9.73 Å². The number of rotatable bonds is 8. The Balaban J connectivity index is 1.61. The fourth-order valence-corrected chi connectivity index (χ4v) is 6.17. The van der Waals surface area contributed by atoms with E-state index in [1.165, 1.54) is 27.8 Å². The zero-order chi connectivity index (χ0) is 26.4. The van der Waals surface area contributed by atoms with Gasteiger partial charge in [0.15, 0.2) is 5.75 Å². The summed E-state index contributed by atoms with van der Waals surface area (Å²) in [4.78, 5) is 12.4. The van der Waals surface area contributed by atoms with Crippen LogP contribution in [0.1, 0.15) is 58.2 Å². The van der Waals surface area contributed by atoms with Crippen LogP contribution >= 0.6 is 0 Å². The normalized spacial score (nSPS) is 19.6. The van der Waals surface area contributed by atoms with E-state index in [0.29, 0.717) is 0 Å². The molecule has 5 nitrogen and oxygen atoms in total. The third-order valence-electron chi connectivity index (χ3n) is 8.76. The van der Waals surface area contributed by atoms with Crippen LogP contribution in [0, 0.1) is 0 Å². The molecule has 0 aliphatic carbocycles. The smallest absolute Gasteiger partial charge is 0.228 e. The molecule has 1 atom stereocenters. The zero-order valence-corrected chi connectivity index (χ0v) is 23.6. The lowest BCUT2D eigenvalue weighted by Crippen LogP contribution is -2.61. The van der Waals surface area contributed by atoms with Gasteiger partial charge in [-0.3, -0.25) is 14.8 Å². The third-order valence-corrected chi connectivity index (χ3v) is 8.76. The minimum atomic E-state index is -0.698. The summed E-state index contributed by atoms with van der Waals surface area (Å²) in [5, 5.41) is 2.35. The number of benzene rings is 3. The summed E-state index contributed by atoms with van der Waals surface area (Å²) in [5.74, 6) is 0.921. The maximum atomic E-state index is 7.22. The minimum absolute atomic E-state index is 0.288. The van der Waals surface area contributed by atoms with Crippen molar-refractivity contribution in [3.63, 3.8) is 0 Å². The summed E-state index contributed by atoms with van der Waals surface area (Å²) in [6.07, 6.45) is 2.06. The highest BCUT2D eigenvalue weighted by atomic mass is 16.5. The Labute approximate surface area is 222 Å². The quantitative estimate of drug-likeness (QED) is 0.344. The van der Waals surface area contributed by atoms with E-state index >= 15 is 0 Å². The largest absolute Gasteiger partial charge is 0.459 e. The molecular formula is C32H42N4O. The lowest BCUT2D eigenvalue weighted by molar-refractivity contribution is 0.0804. The van der Waals surface area contributed by atoms with Crippen LogP contribution in [0.5, 0.6) is 5.75 Å². The van der Waals surface area contributed by atoms with Gasteiger partial charge in [0, 0.05) is 36.8 Å². The van der Waals surface area contributed by atoms with Crippen LogP contribution in [-0.4, -0.2) is 55.0 Å². The van der Waals surface area contributed by atoms with Gasteiger partial charge in [0.2, 0.25) is 5.72 Å². The highest BCUT2D eigenvalue weighted by molar-refractivity contribution is 6.00. The lowest BCUT2D eigenvalue weighted by Gasteiger charge is -2.45. The van der Waals surface area contributed by atoms with Crippen molar-refractivity contribution < 1.29 is 4.74 Å². The van der Waals surface area contributed by atoms with Crippen LogP contribution in [0.2, 0.25) is 0 Å². The first kappa shape index (κ1) is 25.7. The van der Waals surface area contributed by atoms with E-state index in [0.717, 1.165) is 56.1 Å². The van der Waals surface area contributed by atoms with Crippen molar-refractivity contribution in [2.45, 2.75) is 65.8 Å². The molecule has 0 amide bonds. The van der Waals surface area contributed by atoms with Crippen molar-refractivity contribution in [3.05, 3.63) is 65.2 Å². The van der Waals surface area contributed by atoms with E-state index in [2.05, 4.69) is 118 Å². The van der Waals surface area contributed by atoms with E-state index in [-0.39, 0.29) is 5.41 Å². The summed E-state index contributed by atoms with van der Waals surface area (Å²) in [6.45, 7) is 19.4. The van der Waals surface area contributed by atoms with Gasteiger partial charge in [-0.05, 0) is 68.7 Å². The molecule has 0 saturated carbocycles. The monoisotopic (exact) mass is 498 g/mol. The Bertz CT molecular complexity index is 1320. The predicted octanol–water partition coefficient (Wildman–Crippen LogP) is 6.74. The SMILES string of the molecule is CCN(CC)Cc1ccc2c(c1)N(C)C1(C=Nc3c(c(CN(CC)CC)cc4ccccc34)O1)C2(C)C. The van der Waals surface area contributed by atoms with Gasteiger partial charge in [-0.1, -0.05) is 64.1 Å². The van der Waals surface area contributed by atoms with Gasteiger partial charge in [-0.25, -0.2) is 0 Å². The molecule has 0 fully saturated rings. The van der Waals surface area contributed by atoms with Crippen LogP contribution in [0.3, 0.4) is 0 Å². The van der Waals surface area contributed by atoms with Crippen LogP contribution in [0.15, 0.2) is 53.5 Å². The number of anilines is 1. The van der Waals surface area contributed by atoms with Crippen LogP contribution in [0.25, 0.3) is 10.8 Å². The highest BCUT2D eigenvalue weighted by Gasteiger charge is 2.59. The molecule has 0 aromatic heterocycles. The van der Waals surface area contributed by atoms with Gasteiger partial charge in [-0.15, -0.1) is 0 Å². The molecule has 0 N–H and O–H groups in total. The van der Waals surface area contributed by atoms with Crippen LogP contribution in [-0.2, 0) is 18.5 Å². The maximum Gasteiger partial charge on any atom is 0.228 e. The molecule has 5 heteroatoms. The number of fused-ring (bicyclic) bond motifs is 4. The number of ether oxygens (including phenoxy) is 1. The topological polar surface area (TPSA) is 31.3 Å². The van der Waals surface area contributed by atoms with Crippen molar-refractivity contribution in [1.82, 2.24) is 9.80 Å². The Kier molecular flexibility index (Phi) is 6.80. The average Bonchev–Trinajstić information content (AvgIpc) is 3.07. The third kappa shape index (κ3) is 4.04. The second-order valence-electron chi connectivity index (χ2n) is 10.9. The molecule has 37 heavy (non-hydrogen) atoms. The molecule has 3 aromatic carbocycles.